The molecule has 1 aliphatic carbocycles. The van der Waals surface area contributed by atoms with Gasteiger partial charge in [-0.15, -0.1) is 0 Å². The molecule has 0 spiro atoms. The molecule has 3 rings (SSSR count). The van der Waals surface area contributed by atoms with Crippen LogP contribution < -0.4 is 5.32 Å². The maximum Gasteiger partial charge on any atom is 0.272 e. The predicted octanol–water partition coefficient (Wildman–Crippen LogP) is 2.13. The molecule has 2 aromatic rings. The Morgan fingerprint density at radius 3 is 2.24 bits per heavy atom. The molecule has 0 atom stereocenters. The van der Waals surface area contributed by atoms with Gasteiger partial charge in [0.1, 0.15) is 11.4 Å². The second-order valence-corrected chi connectivity index (χ2v) is 6.31. The lowest BCUT2D eigenvalue weighted by Crippen LogP contribution is -2.40. The third kappa shape index (κ3) is 4.41. The number of hydrogen-bond donors (Lipinski definition) is 1. The summed E-state index contributed by atoms with van der Waals surface area (Å²) in [5, 5.41) is 2.84. The van der Waals surface area contributed by atoms with Gasteiger partial charge in [0.2, 0.25) is 0 Å². The summed E-state index contributed by atoms with van der Waals surface area (Å²) in [6.45, 7) is 4.58. The number of nitrogens with zero attached hydrogens (tertiary/aromatic N) is 3. The molecule has 0 radical (unpaired) electrons. The summed E-state index contributed by atoms with van der Waals surface area (Å²) >= 11 is 0. The standard InChI is InChI=1S/C19H22N4O2/c1-13-5-3-7-16(21-13)18(24)20-11-12-23(15-9-10-15)19(25)17-8-4-6-14(2)22-17/h3-8,15H,9-12H2,1-2H3,(H,20,24). The summed E-state index contributed by atoms with van der Waals surface area (Å²) < 4.78 is 0. The van der Waals surface area contributed by atoms with Gasteiger partial charge in [-0.1, -0.05) is 12.1 Å². The van der Waals surface area contributed by atoms with Crippen LogP contribution >= 0.6 is 0 Å². The summed E-state index contributed by atoms with van der Waals surface area (Å²) in [6.07, 6.45) is 2.01. The van der Waals surface area contributed by atoms with Gasteiger partial charge in [0.15, 0.2) is 0 Å². The molecule has 2 amide bonds. The summed E-state index contributed by atoms with van der Waals surface area (Å²) in [7, 11) is 0. The van der Waals surface area contributed by atoms with Gasteiger partial charge in [-0.2, -0.15) is 0 Å². The average Bonchev–Trinajstić information content (AvgIpc) is 3.43. The minimum absolute atomic E-state index is 0.0749. The summed E-state index contributed by atoms with van der Waals surface area (Å²) in [6, 6.07) is 11.0. The molecule has 6 nitrogen and oxygen atoms in total. The van der Waals surface area contributed by atoms with Crippen LogP contribution in [0, 0.1) is 13.8 Å². The van der Waals surface area contributed by atoms with Crippen molar-refractivity contribution in [2.24, 2.45) is 0 Å². The van der Waals surface area contributed by atoms with Crippen LogP contribution in [0.5, 0.6) is 0 Å². The van der Waals surface area contributed by atoms with Gasteiger partial charge >= 0.3 is 0 Å². The molecule has 0 saturated heterocycles. The smallest absolute Gasteiger partial charge is 0.272 e. The second kappa shape index (κ2) is 7.42. The van der Waals surface area contributed by atoms with E-state index in [0.717, 1.165) is 24.2 Å². The van der Waals surface area contributed by atoms with Crippen molar-refractivity contribution in [1.82, 2.24) is 20.2 Å². The Kier molecular flexibility index (Phi) is 5.07. The molecule has 6 heteroatoms. The van der Waals surface area contributed by atoms with Crippen molar-refractivity contribution in [3.8, 4) is 0 Å². The summed E-state index contributed by atoms with van der Waals surface area (Å²) in [4.78, 5) is 35.2. The van der Waals surface area contributed by atoms with Crippen molar-refractivity contribution < 1.29 is 9.59 Å². The van der Waals surface area contributed by atoms with Crippen LogP contribution in [0.1, 0.15) is 45.2 Å². The third-order valence-corrected chi connectivity index (χ3v) is 4.12. The van der Waals surface area contributed by atoms with Crippen LogP contribution in [0.15, 0.2) is 36.4 Å². The molecule has 0 unspecified atom stereocenters. The minimum Gasteiger partial charge on any atom is -0.349 e. The Morgan fingerprint density at radius 2 is 1.64 bits per heavy atom. The lowest BCUT2D eigenvalue weighted by molar-refractivity contribution is 0.0730. The maximum atomic E-state index is 12.7. The molecule has 25 heavy (non-hydrogen) atoms. The van der Waals surface area contributed by atoms with E-state index in [4.69, 9.17) is 0 Å². The van der Waals surface area contributed by atoms with Crippen LogP contribution in [-0.2, 0) is 0 Å². The summed E-state index contributed by atoms with van der Waals surface area (Å²) in [5.41, 5.74) is 2.47. The van der Waals surface area contributed by atoms with Gasteiger partial charge in [-0.3, -0.25) is 9.59 Å². The number of amides is 2. The quantitative estimate of drug-likeness (QED) is 0.875. The molecule has 2 aromatic heterocycles. The molecular formula is C19H22N4O2. The lowest BCUT2D eigenvalue weighted by atomic mass is 10.2. The van der Waals surface area contributed by atoms with E-state index in [-0.39, 0.29) is 17.9 Å². The molecule has 0 aliphatic heterocycles. The molecule has 1 saturated carbocycles. The highest BCUT2D eigenvalue weighted by molar-refractivity contribution is 5.93. The zero-order valence-electron chi connectivity index (χ0n) is 14.5. The van der Waals surface area contributed by atoms with Gasteiger partial charge in [-0.05, 0) is 51.0 Å². The third-order valence-electron chi connectivity index (χ3n) is 4.12. The summed E-state index contributed by atoms with van der Waals surface area (Å²) in [5.74, 6) is -0.297. The number of hydrogen-bond acceptors (Lipinski definition) is 4. The number of aromatic nitrogens is 2. The van der Waals surface area contributed by atoms with Crippen molar-refractivity contribution in [1.29, 1.82) is 0 Å². The van der Waals surface area contributed by atoms with Crippen LogP contribution in [-0.4, -0.2) is 45.8 Å². The highest BCUT2D eigenvalue weighted by Gasteiger charge is 2.33. The Labute approximate surface area is 147 Å². The van der Waals surface area contributed by atoms with Crippen molar-refractivity contribution >= 4 is 11.8 Å². The Balaban J connectivity index is 1.59. The molecular weight excluding hydrogens is 316 g/mol. The Bertz CT molecular complexity index is 786. The van der Waals surface area contributed by atoms with E-state index in [9.17, 15) is 9.59 Å². The zero-order valence-corrected chi connectivity index (χ0v) is 14.5. The van der Waals surface area contributed by atoms with Crippen LogP contribution in [0.3, 0.4) is 0 Å². The lowest BCUT2D eigenvalue weighted by Gasteiger charge is -2.22. The number of nitrogens with one attached hydrogen (secondary N) is 1. The second-order valence-electron chi connectivity index (χ2n) is 6.31. The fourth-order valence-electron chi connectivity index (χ4n) is 2.70. The van der Waals surface area contributed by atoms with Crippen LogP contribution in [0.4, 0.5) is 0 Å². The largest absolute Gasteiger partial charge is 0.349 e. The topological polar surface area (TPSA) is 75.2 Å². The SMILES string of the molecule is Cc1cccc(C(=O)NCCN(C(=O)c2cccc(C)n2)C2CC2)n1. The van der Waals surface area contributed by atoms with E-state index in [2.05, 4.69) is 15.3 Å². The van der Waals surface area contributed by atoms with Crippen LogP contribution in [0.2, 0.25) is 0 Å². The predicted molar refractivity (Wildman–Crippen MR) is 94.3 cm³/mol. The van der Waals surface area contributed by atoms with Crippen molar-refractivity contribution in [3.63, 3.8) is 0 Å². The molecule has 2 heterocycles. The van der Waals surface area contributed by atoms with E-state index in [0.29, 0.717) is 24.5 Å². The molecule has 0 aromatic carbocycles. The maximum absolute atomic E-state index is 12.7. The van der Waals surface area contributed by atoms with Gasteiger partial charge in [0.05, 0.1) is 0 Å². The fourth-order valence-corrected chi connectivity index (χ4v) is 2.70. The molecule has 1 N–H and O–H groups in total. The molecule has 1 fully saturated rings. The molecule has 0 bridgehead atoms. The van der Waals surface area contributed by atoms with E-state index in [1.807, 2.05) is 36.9 Å². The highest BCUT2D eigenvalue weighted by atomic mass is 16.2. The van der Waals surface area contributed by atoms with E-state index in [1.54, 1.807) is 18.2 Å². The van der Waals surface area contributed by atoms with Gasteiger partial charge < -0.3 is 10.2 Å². The molecule has 130 valence electrons. The number of rotatable bonds is 6. The Morgan fingerprint density at radius 1 is 1.04 bits per heavy atom. The number of carbonyl (C=O) groups is 2. The number of pyridine rings is 2. The van der Waals surface area contributed by atoms with E-state index in [1.165, 1.54) is 0 Å². The monoisotopic (exact) mass is 338 g/mol. The zero-order chi connectivity index (χ0) is 17.8. The van der Waals surface area contributed by atoms with Crippen LogP contribution in [0.25, 0.3) is 0 Å². The first-order chi connectivity index (χ1) is 12.0. The van der Waals surface area contributed by atoms with Gasteiger partial charge in [-0.25, -0.2) is 9.97 Å². The average molecular weight is 338 g/mol. The fraction of sp³-hybridized carbons (Fsp3) is 0.368. The number of aryl methyl sites for hydroxylation is 2. The highest BCUT2D eigenvalue weighted by Crippen LogP contribution is 2.27. The first-order valence-corrected chi connectivity index (χ1v) is 8.51. The first kappa shape index (κ1) is 17.1. The van der Waals surface area contributed by atoms with Crippen molar-refractivity contribution in [3.05, 3.63) is 59.2 Å². The Hall–Kier alpha value is -2.76. The van der Waals surface area contributed by atoms with E-state index < -0.39 is 0 Å². The minimum atomic E-state index is -0.222. The number of carbonyl (C=O) groups excluding carboxylic acids is 2. The molecule has 1 aliphatic rings. The van der Waals surface area contributed by atoms with Gasteiger partial charge in [0, 0.05) is 30.5 Å². The van der Waals surface area contributed by atoms with Crippen molar-refractivity contribution in [2.75, 3.05) is 13.1 Å². The normalized spacial score (nSPS) is 13.4. The van der Waals surface area contributed by atoms with E-state index >= 15 is 0 Å². The van der Waals surface area contributed by atoms with Gasteiger partial charge in [0.25, 0.3) is 11.8 Å². The first-order valence-electron chi connectivity index (χ1n) is 8.51. The van der Waals surface area contributed by atoms with Crippen molar-refractivity contribution in [2.45, 2.75) is 32.7 Å².